The summed E-state index contributed by atoms with van der Waals surface area (Å²) in [6.45, 7) is -5.67. The van der Waals surface area contributed by atoms with Crippen LogP contribution in [0.5, 0.6) is 5.75 Å². The molecule has 1 rings (SSSR count). The fourth-order valence-corrected chi connectivity index (χ4v) is 0.544. The maximum Gasteiger partial charge on any atom is 0.166 e. The summed E-state index contributed by atoms with van der Waals surface area (Å²) in [4.78, 5) is 3.65. The monoisotopic (exact) mass is 143 g/mol. The first kappa shape index (κ1) is 2.78. The van der Waals surface area contributed by atoms with Crippen molar-refractivity contribution in [2.24, 2.45) is 0 Å². The minimum Gasteiger partial charge on any atom is -0.490 e. The zero-order valence-electron chi connectivity index (χ0n) is 10.2. The van der Waals surface area contributed by atoms with Gasteiger partial charge in [-0.1, -0.05) is 0 Å². The van der Waals surface area contributed by atoms with E-state index in [1.54, 1.807) is 0 Å². The summed E-state index contributed by atoms with van der Waals surface area (Å²) in [5.74, 6) is -0.135. The van der Waals surface area contributed by atoms with Gasteiger partial charge in [-0.3, -0.25) is 0 Å². The molecule has 0 saturated carbocycles. The second-order valence-electron chi connectivity index (χ2n) is 1.59. The lowest BCUT2D eigenvalue weighted by Gasteiger charge is -2.03. The van der Waals surface area contributed by atoms with E-state index in [2.05, 4.69) is 9.72 Å². The smallest absolute Gasteiger partial charge is 0.166 e. The Hall–Kier alpha value is -1.25. The van der Waals surface area contributed by atoms with Gasteiger partial charge in [0.05, 0.1) is 9.30 Å². The summed E-state index contributed by atoms with van der Waals surface area (Å²) in [6.07, 6.45) is 1.40. The molecule has 0 atom stereocenters. The topological polar surface area (TPSA) is 48.1 Å². The molecule has 0 aliphatic heterocycles. The molecule has 0 bridgehead atoms. The Labute approximate surface area is 66.9 Å². The summed E-state index contributed by atoms with van der Waals surface area (Å²) in [6, 6.07) is 2.83. The summed E-state index contributed by atoms with van der Waals surface area (Å²) >= 11 is 0. The van der Waals surface area contributed by atoms with Crippen molar-refractivity contribution in [3.63, 3.8) is 0 Å². The molecular formula is C7H10N2O. The van der Waals surface area contributed by atoms with Crippen LogP contribution in [-0.2, 0) is 0 Å². The number of nitrogen functional groups attached to an aromatic ring is 1. The number of pyridine rings is 1. The van der Waals surface area contributed by atoms with Crippen LogP contribution in [0.25, 0.3) is 0 Å². The van der Waals surface area contributed by atoms with Crippen LogP contribution in [0.4, 0.5) is 5.82 Å². The van der Waals surface area contributed by atoms with Crippen molar-refractivity contribution in [3.8, 4) is 5.75 Å². The highest BCUT2D eigenvalue weighted by molar-refractivity contribution is 5.44. The van der Waals surface area contributed by atoms with Crippen LogP contribution in [0.2, 0.25) is 0 Å². The van der Waals surface area contributed by atoms with E-state index in [0.29, 0.717) is 0 Å². The first-order valence-corrected chi connectivity index (χ1v) is 2.63. The van der Waals surface area contributed by atoms with Crippen LogP contribution in [0, 0.1) is 0 Å². The Balaban J connectivity index is 2.92. The third-order valence-corrected chi connectivity index (χ3v) is 0.961. The molecule has 2 N–H and O–H groups in total. The molecule has 0 saturated heterocycles. The predicted molar refractivity (Wildman–Crippen MR) is 39.8 cm³/mol. The maximum absolute atomic E-state index is 7.21. The van der Waals surface area contributed by atoms with E-state index in [0.717, 1.165) is 0 Å². The van der Waals surface area contributed by atoms with E-state index in [9.17, 15) is 0 Å². The van der Waals surface area contributed by atoms with Crippen molar-refractivity contribution in [2.45, 2.75) is 6.85 Å². The van der Waals surface area contributed by atoms with Crippen molar-refractivity contribution >= 4 is 5.82 Å². The molecule has 1 heterocycles. The van der Waals surface area contributed by atoms with Gasteiger partial charge in [0.2, 0.25) is 0 Å². The standard InChI is InChI=1S/C7H10N2O/c1-2-10-6-4-3-5-9-7(6)8/h3-5H,2H2,1H3,(H2,8,9)/i1D3,2D2. The van der Waals surface area contributed by atoms with Gasteiger partial charge in [-0.05, 0) is 19.0 Å². The molecule has 0 aromatic carbocycles. The first-order valence-electron chi connectivity index (χ1n) is 5.13. The Morgan fingerprint density at radius 3 is 3.60 bits per heavy atom. The predicted octanol–water partition coefficient (Wildman–Crippen LogP) is 1.06. The van der Waals surface area contributed by atoms with Crippen molar-refractivity contribution in [2.75, 3.05) is 12.3 Å². The fraction of sp³-hybridized carbons (Fsp3) is 0.286. The Morgan fingerprint density at radius 2 is 2.90 bits per heavy atom. The second-order valence-corrected chi connectivity index (χ2v) is 1.59. The lowest BCUT2D eigenvalue weighted by atomic mass is 10.4. The van der Waals surface area contributed by atoms with Crippen molar-refractivity contribution in [1.82, 2.24) is 4.98 Å². The molecule has 54 valence electrons. The molecule has 3 heteroatoms. The van der Waals surface area contributed by atoms with Crippen LogP contribution < -0.4 is 10.5 Å². The fourth-order valence-electron chi connectivity index (χ4n) is 0.544. The third kappa shape index (κ3) is 1.37. The lowest BCUT2D eigenvalue weighted by Crippen LogP contribution is -1.97. The van der Waals surface area contributed by atoms with Crippen molar-refractivity contribution in [1.29, 1.82) is 0 Å². The number of hydrogen-bond donors (Lipinski definition) is 1. The zero-order chi connectivity index (χ0) is 11.7. The quantitative estimate of drug-likeness (QED) is 0.673. The normalized spacial score (nSPS) is 19.4. The largest absolute Gasteiger partial charge is 0.490 e. The van der Waals surface area contributed by atoms with Crippen LogP contribution in [0.15, 0.2) is 18.3 Å². The summed E-state index contributed by atoms with van der Waals surface area (Å²) in [5, 5.41) is 0. The Bertz CT molecular complexity index is 351. The number of ether oxygens (including phenoxy) is 1. The van der Waals surface area contributed by atoms with E-state index < -0.39 is 13.4 Å². The van der Waals surface area contributed by atoms with Crippen LogP contribution >= 0.6 is 0 Å². The molecule has 0 aliphatic carbocycles. The number of rotatable bonds is 2. The van der Waals surface area contributed by atoms with Crippen LogP contribution in [0.3, 0.4) is 0 Å². The van der Waals surface area contributed by atoms with Gasteiger partial charge in [-0.15, -0.1) is 0 Å². The van der Waals surface area contributed by atoms with Gasteiger partial charge in [-0.25, -0.2) is 4.98 Å². The Morgan fingerprint density at radius 1 is 2.00 bits per heavy atom. The van der Waals surface area contributed by atoms with Gasteiger partial charge < -0.3 is 10.5 Å². The molecule has 0 radical (unpaired) electrons. The minimum atomic E-state index is -2.88. The van der Waals surface area contributed by atoms with Crippen molar-refractivity contribution < 1.29 is 11.6 Å². The number of aromatic nitrogens is 1. The third-order valence-electron chi connectivity index (χ3n) is 0.961. The molecule has 0 aliphatic rings. The highest BCUT2D eigenvalue weighted by atomic mass is 16.5. The van der Waals surface area contributed by atoms with Gasteiger partial charge in [0.25, 0.3) is 0 Å². The van der Waals surface area contributed by atoms with Crippen LogP contribution in [0.1, 0.15) is 13.7 Å². The van der Waals surface area contributed by atoms with E-state index in [4.69, 9.17) is 12.6 Å². The van der Waals surface area contributed by atoms with E-state index in [-0.39, 0.29) is 11.6 Å². The average molecular weight is 143 g/mol. The maximum atomic E-state index is 7.21. The second kappa shape index (κ2) is 3.06. The highest BCUT2D eigenvalue weighted by Crippen LogP contribution is 2.15. The number of nitrogens with two attached hydrogens (primary N) is 1. The molecule has 0 spiro atoms. The SMILES string of the molecule is [2H]C([2H])([2H])C([2H])([2H])Oc1cccnc1N. The Kier molecular flexibility index (Phi) is 0.849. The summed E-state index contributed by atoms with van der Waals surface area (Å²) in [7, 11) is 0. The molecular weight excluding hydrogens is 128 g/mol. The summed E-state index contributed by atoms with van der Waals surface area (Å²) in [5.41, 5.74) is 5.38. The minimum absolute atomic E-state index is 0.0503. The van der Waals surface area contributed by atoms with Gasteiger partial charge in [-0.2, -0.15) is 0 Å². The lowest BCUT2D eigenvalue weighted by molar-refractivity contribution is 0.341. The first-order chi connectivity index (χ1) is 6.74. The molecule has 3 nitrogen and oxygen atoms in total. The average Bonchev–Trinajstić information content (AvgIpc) is 2.06. The van der Waals surface area contributed by atoms with Gasteiger partial charge in [0.15, 0.2) is 11.6 Å². The van der Waals surface area contributed by atoms with Gasteiger partial charge in [0, 0.05) is 10.3 Å². The molecule has 0 fully saturated rings. The molecule has 1 aromatic heterocycles. The van der Waals surface area contributed by atoms with E-state index >= 15 is 0 Å². The van der Waals surface area contributed by atoms with Gasteiger partial charge in [0.1, 0.15) is 0 Å². The molecule has 1 aromatic rings. The number of nitrogens with zero attached hydrogens (tertiary/aromatic N) is 1. The van der Waals surface area contributed by atoms with E-state index in [1.165, 1.54) is 18.3 Å². The number of hydrogen-bond acceptors (Lipinski definition) is 3. The summed E-state index contributed by atoms with van der Waals surface area (Å²) < 4.78 is 39.9. The van der Waals surface area contributed by atoms with E-state index in [1.807, 2.05) is 0 Å². The van der Waals surface area contributed by atoms with Crippen LogP contribution in [-0.4, -0.2) is 11.5 Å². The molecule has 10 heavy (non-hydrogen) atoms. The molecule has 0 unspecified atom stereocenters. The van der Waals surface area contributed by atoms with Gasteiger partial charge >= 0.3 is 0 Å². The zero-order valence-corrected chi connectivity index (χ0v) is 5.16. The number of anilines is 1. The molecule has 0 amide bonds. The highest BCUT2D eigenvalue weighted by Gasteiger charge is 1.95. The van der Waals surface area contributed by atoms with Crippen molar-refractivity contribution in [3.05, 3.63) is 18.3 Å².